The van der Waals surface area contributed by atoms with E-state index >= 15 is 0 Å². The minimum Gasteiger partial charge on any atom is -0.507 e. The molecule has 0 amide bonds. The van der Waals surface area contributed by atoms with Crippen molar-refractivity contribution in [2.24, 2.45) is 57.0 Å². The number of fused-ring (bicyclic) bond motifs is 2. The van der Waals surface area contributed by atoms with Crippen LogP contribution in [0.3, 0.4) is 0 Å². The molecule has 16 heteroatoms. The first-order chi connectivity index (χ1) is 37.5. The number of halogens is 2. The number of aryl methyl sites for hydroxylation is 2. The van der Waals surface area contributed by atoms with Gasteiger partial charge in [0.05, 0.1) is 22.2 Å². The highest BCUT2D eigenvalue weighted by Crippen LogP contribution is 2.37. The first-order valence-electron chi connectivity index (χ1n) is 28.3. The third kappa shape index (κ3) is 16.4. The number of aromatic hydroxyl groups is 2. The maximum absolute atomic E-state index is 14.6. The highest BCUT2D eigenvalue weighted by Gasteiger charge is 2.28. The van der Waals surface area contributed by atoms with E-state index in [0.29, 0.717) is 24.3 Å². The number of aromatic nitrogens is 4. The van der Waals surface area contributed by atoms with Crippen molar-refractivity contribution in [2.75, 3.05) is 88.3 Å². The van der Waals surface area contributed by atoms with Gasteiger partial charge in [-0.3, -0.25) is 9.98 Å². The average Bonchev–Trinajstić information content (AvgIpc) is 4.37. The van der Waals surface area contributed by atoms with Gasteiger partial charge in [-0.25, -0.2) is 28.7 Å². The second kappa shape index (κ2) is 28.6. The van der Waals surface area contributed by atoms with E-state index in [0.717, 1.165) is 140 Å². The van der Waals surface area contributed by atoms with Crippen LogP contribution in [0.2, 0.25) is 0 Å². The number of nitrogens with zero attached hydrogens (tertiary/aromatic N) is 8. The number of nitrogens with one attached hydrogen (secondary N) is 2. The molecule has 4 saturated heterocycles. The molecule has 4 aliphatic heterocycles. The topological polar surface area (TPSA) is 199 Å². The van der Waals surface area contributed by atoms with Gasteiger partial charge >= 0.3 is 0 Å². The van der Waals surface area contributed by atoms with Crippen molar-refractivity contribution in [1.29, 1.82) is 0 Å². The number of benzene rings is 4. The number of anilines is 2. The highest BCUT2D eigenvalue weighted by molar-refractivity contribution is 5.93. The minimum atomic E-state index is -0.538. The lowest BCUT2D eigenvalue weighted by Gasteiger charge is -2.20. The zero-order valence-electron chi connectivity index (χ0n) is 47.5. The molecule has 0 spiro atoms. The maximum atomic E-state index is 14.6. The number of hydrogen-bond donors (Lipinski definition) is 6. The number of hydrogen-bond acceptors (Lipinski definition) is 14. The lowest BCUT2D eigenvalue weighted by atomic mass is 10.1. The van der Waals surface area contributed by atoms with Gasteiger partial charge in [-0.1, -0.05) is 52.0 Å². The summed E-state index contributed by atoms with van der Waals surface area (Å²) in [5.41, 5.74) is 17.4. The highest BCUT2D eigenvalue weighted by atomic mass is 19.1. The number of phenols is 2. The fourth-order valence-corrected chi connectivity index (χ4v) is 10.7. The van der Waals surface area contributed by atoms with Crippen LogP contribution < -0.4 is 31.9 Å². The number of aliphatic imine (C=N–C) groups is 2. The summed E-state index contributed by atoms with van der Waals surface area (Å²) in [6, 6.07) is 20.5. The van der Waals surface area contributed by atoms with Crippen molar-refractivity contribution < 1.29 is 19.0 Å². The van der Waals surface area contributed by atoms with E-state index in [1.54, 1.807) is 0 Å². The summed E-state index contributed by atoms with van der Waals surface area (Å²) in [5.74, 6) is 4.38. The van der Waals surface area contributed by atoms with E-state index in [9.17, 15) is 19.0 Å². The SMILES string of the molecule is CC(CC(C)C)=NC[C@@H]1CCN(c2nc(-c3c(O)cccc3F)nc3cc(C)ccc23)C1.CC(CC(C)C)=NC[C@@H]1CCNC1.Cc1ccc2c(N3CC[C@@H](CN)C3)nc(-c3c(O)cccc3F)nc2c1.NC[C@@H]1CCNC1. The summed E-state index contributed by atoms with van der Waals surface area (Å²) in [5, 5.41) is 28.9. The zero-order chi connectivity index (χ0) is 55.9. The zero-order valence-corrected chi connectivity index (χ0v) is 47.5. The molecule has 78 heavy (non-hydrogen) atoms. The Morgan fingerprint density at radius 3 is 1.44 bits per heavy atom. The van der Waals surface area contributed by atoms with Gasteiger partial charge in [-0.2, -0.15) is 0 Å². The first kappa shape index (κ1) is 59.5. The Balaban J connectivity index is 0.000000170. The van der Waals surface area contributed by atoms with E-state index in [4.69, 9.17) is 21.4 Å². The van der Waals surface area contributed by atoms with E-state index in [2.05, 4.69) is 81.9 Å². The predicted molar refractivity (Wildman–Crippen MR) is 318 cm³/mol. The van der Waals surface area contributed by atoms with Crippen molar-refractivity contribution in [1.82, 2.24) is 30.6 Å². The smallest absolute Gasteiger partial charge is 0.168 e. The summed E-state index contributed by atoms with van der Waals surface area (Å²) in [7, 11) is 0. The van der Waals surface area contributed by atoms with Crippen molar-refractivity contribution in [3.05, 3.63) is 95.6 Å². The normalized spacial score (nSPS) is 19.6. The van der Waals surface area contributed by atoms with Crippen LogP contribution in [0.25, 0.3) is 44.6 Å². The molecule has 4 fully saturated rings. The molecule has 6 heterocycles. The lowest BCUT2D eigenvalue weighted by Crippen LogP contribution is -2.24. The van der Waals surface area contributed by atoms with Crippen LogP contribution in [-0.4, -0.2) is 120 Å². The van der Waals surface area contributed by atoms with Crippen LogP contribution in [0.5, 0.6) is 11.5 Å². The van der Waals surface area contributed by atoms with Crippen molar-refractivity contribution in [2.45, 2.75) is 93.9 Å². The minimum absolute atomic E-state index is 0.0340. The Hall–Kier alpha value is -6.20. The van der Waals surface area contributed by atoms with Crippen molar-refractivity contribution in [3.63, 3.8) is 0 Å². The van der Waals surface area contributed by atoms with Gasteiger partial charge in [-0.15, -0.1) is 0 Å². The van der Waals surface area contributed by atoms with Crippen LogP contribution in [0.15, 0.2) is 82.8 Å². The quantitative estimate of drug-likeness (QED) is 0.0565. The molecular weight excluding hydrogens is 983 g/mol. The third-order valence-corrected chi connectivity index (χ3v) is 14.9. The van der Waals surface area contributed by atoms with Gasteiger partial charge in [-0.05, 0) is 201 Å². The first-order valence-corrected chi connectivity index (χ1v) is 28.3. The summed E-state index contributed by atoms with van der Waals surface area (Å²) in [6.07, 6.45) is 6.81. The molecule has 0 aliphatic carbocycles. The molecular formula is C62H86F2N12O2. The van der Waals surface area contributed by atoms with E-state index < -0.39 is 11.6 Å². The predicted octanol–water partition coefficient (Wildman–Crippen LogP) is 10.7. The molecule has 0 saturated carbocycles. The van der Waals surface area contributed by atoms with Gasteiger partial charge in [0.15, 0.2) is 11.6 Å². The van der Waals surface area contributed by atoms with Gasteiger partial charge in [0.2, 0.25) is 0 Å². The average molecular weight is 1070 g/mol. The van der Waals surface area contributed by atoms with Crippen LogP contribution >= 0.6 is 0 Å². The molecule has 0 radical (unpaired) electrons. The Morgan fingerprint density at radius 2 is 1.04 bits per heavy atom. The number of rotatable bonds is 14. The van der Waals surface area contributed by atoms with Gasteiger partial charge < -0.3 is 42.1 Å². The molecule has 0 bridgehead atoms. The maximum Gasteiger partial charge on any atom is 0.168 e. The fraction of sp³-hybridized carbons (Fsp3) is 0.516. The second-order valence-corrected chi connectivity index (χ2v) is 22.8. The molecule has 0 unspecified atom stereocenters. The molecule has 4 aromatic carbocycles. The lowest BCUT2D eigenvalue weighted by molar-refractivity contribution is 0.470. The number of phenolic OH excluding ortho intramolecular Hbond substituents is 2. The Kier molecular flexibility index (Phi) is 21.8. The van der Waals surface area contributed by atoms with Crippen molar-refractivity contribution >= 4 is 44.9 Å². The molecule has 6 aromatic rings. The Bertz CT molecular complexity index is 2930. The fourth-order valence-electron chi connectivity index (χ4n) is 10.7. The van der Waals surface area contributed by atoms with Crippen LogP contribution in [0, 0.1) is 61.0 Å². The summed E-state index contributed by atoms with van der Waals surface area (Å²) < 4.78 is 29.0. The largest absolute Gasteiger partial charge is 0.507 e. The Morgan fingerprint density at radius 1 is 0.603 bits per heavy atom. The molecule has 8 N–H and O–H groups in total. The Labute approximate surface area is 461 Å². The molecule has 4 atom stereocenters. The van der Waals surface area contributed by atoms with Crippen LogP contribution in [0.4, 0.5) is 20.4 Å². The molecule has 2 aromatic heterocycles. The molecule has 4 aliphatic rings. The molecule has 420 valence electrons. The van der Waals surface area contributed by atoms with Crippen LogP contribution in [0.1, 0.15) is 91.2 Å². The summed E-state index contributed by atoms with van der Waals surface area (Å²) in [6.45, 7) is 28.6. The third-order valence-electron chi connectivity index (χ3n) is 14.9. The molecule has 10 rings (SSSR count). The summed E-state index contributed by atoms with van der Waals surface area (Å²) >= 11 is 0. The standard InChI is InChI=1S/C26H31FN4O.C20H21FN4O.C11H22N2.C5H12N2/c1-16(2)12-18(4)28-14-19-10-11-31(15-19)26-20-9-8-17(3)13-22(20)29-25(30-26)24-21(27)6-5-7-23(24)32;1-12-5-6-14-16(9-12)23-19(18-15(21)3-2-4-17(18)26)24-20(14)25-8-7-13(10-22)11-25;1-9(2)6-10(3)13-8-11-4-5-12-7-11;6-3-5-1-2-7-4-5/h5-9,13,16,19,32H,10-12,14-15H2,1-4H3;2-6,9,13,26H,7-8,10-11,22H2,1H3;9,11-12H,4-8H2,1-3H3;5,7H,1-4,6H2/t19-;13-;11-;5-/m0010/s1. The van der Waals surface area contributed by atoms with Gasteiger partial charge in [0.1, 0.15) is 34.8 Å². The van der Waals surface area contributed by atoms with Crippen LogP contribution in [-0.2, 0) is 0 Å². The monoisotopic (exact) mass is 1070 g/mol. The van der Waals surface area contributed by atoms with Gasteiger partial charge in [0.25, 0.3) is 0 Å². The van der Waals surface area contributed by atoms with E-state index in [1.807, 2.05) is 50.2 Å². The van der Waals surface area contributed by atoms with Gasteiger partial charge in [0, 0.05) is 61.5 Å². The summed E-state index contributed by atoms with van der Waals surface area (Å²) in [4.78, 5) is 32.4. The second-order valence-electron chi connectivity index (χ2n) is 22.8. The number of nitrogens with two attached hydrogens (primary N) is 2. The van der Waals surface area contributed by atoms with E-state index in [1.165, 1.54) is 80.3 Å². The molecule has 14 nitrogen and oxygen atoms in total. The van der Waals surface area contributed by atoms with Crippen molar-refractivity contribution in [3.8, 4) is 34.3 Å². The van der Waals surface area contributed by atoms with E-state index in [-0.39, 0.29) is 34.3 Å².